The van der Waals surface area contributed by atoms with Crippen LogP contribution >= 0.6 is 11.3 Å². The summed E-state index contributed by atoms with van der Waals surface area (Å²) in [6.07, 6.45) is 0.666. The van der Waals surface area contributed by atoms with E-state index in [0.29, 0.717) is 13.0 Å². The minimum Gasteiger partial charge on any atom is -0.298 e. The Morgan fingerprint density at radius 2 is 2.11 bits per heavy atom. The van der Waals surface area contributed by atoms with Gasteiger partial charge in [0.25, 0.3) is 0 Å². The molecule has 1 aliphatic heterocycles. The SMILES string of the molecule is O=c1sc2ccccc2n1CC1CCS(=O)(=O)C1. The average molecular weight is 283 g/mol. The minimum atomic E-state index is -2.88. The molecule has 96 valence electrons. The Kier molecular flexibility index (Phi) is 2.79. The van der Waals surface area contributed by atoms with Crippen molar-refractivity contribution in [3.63, 3.8) is 0 Å². The lowest BCUT2D eigenvalue weighted by Gasteiger charge is -2.08. The molecule has 1 unspecified atom stereocenters. The molecule has 1 fully saturated rings. The molecule has 6 heteroatoms. The summed E-state index contributed by atoms with van der Waals surface area (Å²) in [6, 6.07) is 7.64. The van der Waals surface area contributed by atoms with Gasteiger partial charge in [-0.25, -0.2) is 8.42 Å². The predicted molar refractivity (Wildman–Crippen MR) is 72.8 cm³/mol. The number of hydrogen-bond donors (Lipinski definition) is 0. The van der Waals surface area contributed by atoms with Crippen molar-refractivity contribution in [1.82, 2.24) is 4.57 Å². The molecule has 0 saturated carbocycles. The number of para-hydroxylation sites is 1. The number of sulfone groups is 1. The second kappa shape index (κ2) is 4.20. The van der Waals surface area contributed by atoms with Crippen LogP contribution in [0.25, 0.3) is 10.2 Å². The maximum Gasteiger partial charge on any atom is 0.308 e. The Hall–Kier alpha value is -1.14. The van der Waals surface area contributed by atoms with Gasteiger partial charge in [0, 0.05) is 6.54 Å². The van der Waals surface area contributed by atoms with Gasteiger partial charge in [0.1, 0.15) is 0 Å². The summed E-state index contributed by atoms with van der Waals surface area (Å²) in [5.74, 6) is 0.545. The highest BCUT2D eigenvalue weighted by Crippen LogP contribution is 2.23. The monoisotopic (exact) mass is 283 g/mol. The molecule has 2 aromatic rings. The number of fused-ring (bicyclic) bond motifs is 1. The zero-order valence-electron chi connectivity index (χ0n) is 9.70. The van der Waals surface area contributed by atoms with Gasteiger partial charge in [0.05, 0.1) is 21.7 Å². The first kappa shape index (κ1) is 11.9. The molecule has 3 rings (SSSR count). The number of hydrogen-bond acceptors (Lipinski definition) is 4. The highest BCUT2D eigenvalue weighted by atomic mass is 32.2. The van der Waals surface area contributed by atoms with Gasteiger partial charge < -0.3 is 0 Å². The second-order valence-electron chi connectivity index (χ2n) is 4.72. The third-order valence-corrected chi connectivity index (χ3v) is 6.14. The standard InChI is InChI=1S/C12H13NO3S2/c14-12-13(7-9-5-6-18(15,16)8-9)10-3-1-2-4-11(10)17-12/h1-4,9H,5-8H2. The van der Waals surface area contributed by atoms with Crippen LogP contribution in [0.2, 0.25) is 0 Å². The summed E-state index contributed by atoms with van der Waals surface area (Å²) >= 11 is 1.22. The van der Waals surface area contributed by atoms with E-state index in [1.165, 1.54) is 11.3 Å². The fourth-order valence-corrected chi connectivity index (χ4v) is 5.21. The summed E-state index contributed by atoms with van der Waals surface area (Å²) in [4.78, 5) is 11.9. The van der Waals surface area contributed by atoms with E-state index in [-0.39, 0.29) is 22.3 Å². The van der Waals surface area contributed by atoms with E-state index in [9.17, 15) is 13.2 Å². The lowest BCUT2D eigenvalue weighted by molar-refractivity contribution is 0.495. The molecule has 4 nitrogen and oxygen atoms in total. The fraction of sp³-hybridized carbons (Fsp3) is 0.417. The second-order valence-corrected chi connectivity index (χ2v) is 7.94. The first-order valence-corrected chi connectivity index (χ1v) is 8.48. The summed E-state index contributed by atoms with van der Waals surface area (Å²) < 4.78 is 25.5. The molecule has 0 radical (unpaired) electrons. The number of nitrogens with zero attached hydrogens (tertiary/aromatic N) is 1. The van der Waals surface area contributed by atoms with Gasteiger partial charge in [0.15, 0.2) is 9.84 Å². The average Bonchev–Trinajstić information content (AvgIpc) is 2.81. The fourth-order valence-electron chi connectivity index (χ4n) is 2.46. The zero-order valence-corrected chi connectivity index (χ0v) is 11.3. The first-order valence-electron chi connectivity index (χ1n) is 5.84. The van der Waals surface area contributed by atoms with Crippen molar-refractivity contribution >= 4 is 31.4 Å². The highest BCUT2D eigenvalue weighted by molar-refractivity contribution is 7.91. The molecule has 0 aliphatic carbocycles. The van der Waals surface area contributed by atoms with Gasteiger partial charge in [-0.3, -0.25) is 9.36 Å². The van der Waals surface area contributed by atoms with Crippen molar-refractivity contribution in [3.05, 3.63) is 33.9 Å². The molecule has 1 saturated heterocycles. The molecular formula is C12H13NO3S2. The van der Waals surface area contributed by atoms with E-state index in [1.54, 1.807) is 4.57 Å². The predicted octanol–water partition coefficient (Wildman–Crippen LogP) is 1.50. The molecule has 2 heterocycles. The van der Waals surface area contributed by atoms with Gasteiger partial charge in [-0.15, -0.1) is 0 Å². The van der Waals surface area contributed by atoms with E-state index in [4.69, 9.17) is 0 Å². The summed E-state index contributed by atoms with van der Waals surface area (Å²) in [7, 11) is -2.88. The molecule has 1 aromatic carbocycles. The number of aromatic nitrogens is 1. The molecule has 0 spiro atoms. The lowest BCUT2D eigenvalue weighted by Crippen LogP contribution is -2.19. The Labute approximate surface area is 109 Å². The molecule has 0 N–H and O–H groups in total. The van der Waals surface area contributed by atoms with Gasteiger partial charge in [-0.1, -0.05) is 23.5 Å². The molecule has 18 heavy (non-hydrogen) atoms. The maximum atomic E-state index is 11.9. The zero-order chi connectivity index (χ0) is 12.8. The van der Waals surface area contributed by atoms with E-state index in [1.807, 2.05) is 24.3 Å². The van der Waals surface area contributed by atoms with Crippen molar-refractivity contribution in [2.24, 2.45) is 5.92 Å². The van der Waals surface area contributed by atoms with Crippen LogP contribution < -0.4 is 4.87 Å². The van der Waals surface area contributed by atoms with Crippen LogP contribution in [0.15, 0.2) is 29.1 Å². The van der Waals surface area contributed by atoms with Crippen molar-refractivity contribution in [2.45, 2.75) is 13.0 Å². The summed E-state index contributed by atoms with van der Waals surface area (Å²) in [5.41, 5.74) is 0.914. The normalized spacial score (nSPS) is 22.6. The van der Waals surface area contributed by atoms with Crippen LogP contribution in [0.5, 0.6) is 0 Å². The molecule has 0 bridgehead atoms. The van der Waals surface area contributed by atoms with Crippen molar-refractivity contribution in [3.8, 4) is 0 Å². The third kappa shape index (κ3) is 2.10. The van der Waals surface area contributed by atoms with E-state index in [0.717, 1.165) is 10.2 Å². The van der Waals surface area contributed by atoms with Crippen LogP contribution in [-0.4, -0.2) is 24.5 Å². The molecule has 1 atom stereocenters. The van der Waals surface area contributed by atoms with Crippen LogP contribution in [0.3, 0.4) is 0 Å². The summed E-state index contributed by atoms with van der Waals surface area (Å²) in [6.45, 7) is 0.516. The lowest BCUT2D eigenvalue weighted by atomic mass is 10.1. The topological polar surface area (TPSA) is 56.1 Å². The Morgan fingerprint density at radius 3 is 2.83 bits per heavy atom. The van der Waals surface area contributed by atoms with Gasteiger partial charge in [0.2, 0.25) is 0 Å². The molecular weight excluding hydrogens is 270 g/mol. The van der Waals surface area contributed by atoms with E-state index < -0.39 is 9.84 Å². The van der Waals surface area contributed by atoms with E-state index >= 15 is 0 Å². The van der Waals surface area contributed by atoms with Crippen LogP contribution in [-0.2, 0) is 16.4 Å². The first-order chi connectivity index (χ1) is 8.55. The van der Waals surface area contributed by atoms with Crippen LogP contribution in [0.4, 0.5) is 0 Å². The van der Waals surface area contributed by atoms with Crippen LogP contribution in [0, 0.1) is 5.92 Å². The van der Waals surface area contributed by atoms with E-state index in [2.05, 4.69) is 0 Å². The van der Waals surface area contributed by atoms with Crippen molar-refractivity contribution in [1.29, 1.82) is 0 Å². The number of rotatable bonds is 2. The molecule has 1 aliphatic rings. The number of thiazole rings is 1. The Balaban J connectivity index is 1.96. The number of benzene rings is 1. The maximum absolute atomic E-state index is 11.9. The quantitative estimate of drug-likeness (QED) is 0.839. The summed E-state index contributed by atoms with van der Waals surface area (Å²) in [5, 5.41) is 0. The van der Waals surface area contributed by atoms with Gasteiger partial charge >= 0.3 is 4.87 Å². The van der Waals surface area contributed by atoms with Gasteiger partial charge in [-0.2, -0.15) is 0 Å². The molecule has 0 amide bonds. The van der Waals surface area contributed by atoms with Crippen molar-refractivity contribution in [2.75, 3.05) is 11.5 Å². The largest absolute Gasteiger partial charge is 0.308 e. The third-order valence-electron chi connectivity index (χ3n) is 3.34. The van der Waals surface area contributed by atoms with Crippen molar-refractivity contribution < 1.29 is 8.42 Å². The smallest absolute Gasteiger partial charge is 0.298 e. The minimum absolute atomic E-state index is 0.000461. The van der Waals surface area contributed by atoms with Gasteiger partial charge in [-0.05, 0) is 24.5 Å². The molecule has 1 aromatic heterocycles. The highest BCUT2D eigenvalue weighted by Gasteiger charge is 2.28. The van der Waals surface area contributed by atoms with Crippen LogP contribution in [0.1, 0.15) is 6.42 Å². The Morgan fingerprint density at radius 1 is 1.33 bits per heavy atom. The Bertz CT molecular complexity index is 742.